The monoisotopic (exact) mass is 352 g/mol. The Balaban J connectivity index is 2.28. The highest BCUT2D eigenvalue weighted by molar-refractivity contribution is 9.10. The summed E-state index contributed by atoms with van der Waals surface area (Å²) in [6.45, 7) is 4.23. The van der Waals surface area contributed by atoms with Crippen LogP contribution in [0.15, 0.2) is 40.9 Å². The van der Waals surface area contributed by atoms with E-state index in [2.05, 4.69) is 53.4 Å². The number of benzene rings is 2. The summed E-state index contributed by atoms with van der Waals surface area (Å²) < 4.78 is 0.886. The molecule has 0 aliphatic heterocycles. The summed E-state index contributed by atoms with van der Waals surface area (Å²) >= 11 is 9.80. The zero-order chi connectivity index (χ0) is 14.7. The van der Waals surface area contributed by atoms with Gasteiger partial charge in [-0.3, -0.25) is 11.3 Å². The van der Waals surface area contributed by atoms with Crippen molar-refractivity contribution in [1.82, 2.24) is 5.43 Å². The van der Waals surface area contributed by atoms with E-state index in [4.69, 9.17) is 17.4 Å². The summed E-state index contributed by atoms with van der Waals surface area (Å²) in [6.07, 6.45) is 0.799. The maximum Gasteiger partial charge on any atom is 0.0596 e. The second kappa shape index (κ2) is 6.72. The second-order valence-corrected chi connectivity index (χ2v) is 6.22. The lowest BCUT2D eigenvalue weighted by Crippen LogP contribution is -2.29. The Kier molecular flexibility index (Phi) is 5.22. The van der Waals surface area contributed by atoms with Crippen molar-refractivity contribution in [2.45, 2.75) is 26.3 Å². The van der Waals surface area contributed by atoms with Crippen molar-refractivity contribution in [3.8, 4) is 0 Å². The van der Waals surface area contributed by atoms with E-state index in [1.54, 1.807) is 0 Å². The summed E-state index contributed by atoms with van der Waals surface area (Å²) in [5, 5.41) is 0.708. The smallest absolute Gasteiger partial charge is 0.0596 e. The van der Waals surface area contributed by atoms with E-state index in [0.717, 1.165) is 16.5 Å². The van der Waals surface area contributed by atoms with Gasteiger partial charge in [0, 0.05) is 4.47 Å². The summed E-state index contributed by atoms with van der Waals surface area (Å²) in [5.74, 6) is 5.72. The predicted molar refractivity (Wildman–Crippen MR) is 88.8 cm³/mol. The molecule has 20 heavy (non-hydrogen) atoms. The summed E-state index contributed by atoms with van der Waals surface area (Å²) in [4.78, 5) is 0. The number of rotatable bonds is 4. The normalized spacial score (nSPS) is 12.4. The van der Waals surface area contributed by atoms with Crippen molar-refractivity contribution in [3.05, 3.63) is 68.1 Å². The molecule has 3 N–H and O–H groups in total. The molecule has 106 valence electrons. The van der Waals surface area contributed by atoms with E-state index in [9.17, 15) is 0 Å². The lowest BCUT2D eigenvalue weighted by atomic mass is 9.97. The third-order valence-electron chi connectivity index (χ3n) is 3.57. The van der Waals surface area contributed by atoms with Gasteiger partial charge in [-0.2, -0.15) is 0 Å². The third kappa shape index (κ3) is 3.41. The average Bonchev–Trinajstić information content (AvgIpc) is 2.43. The van der Waals surface area contributed by atoms with Crippen LogP contribution in [0, 0.1) is 13.8 Å². The van der Waals surface area contributed by atoms with Crippen LogP contribution in [0.2, 0.25) is 5.02 Å². The Hall–Kier alpha value is -0.870. The lowest BCUT2D eigenvalue weighted by molar-refractivity contribution is 0.552. The largest absolute Gasteiger partial charge is 0.271 e. The number of nitrogens with one attached hydrogen (secondary N) is 1. The van der Waals surface area contributed by atoms with Crippen molar-refractivity contribution in [2.24, 2.45) is 5.84 Å². The Morgan fingerprint density at radius 2 is 1.95 bits per heavy atom. The van der Waals surface area contributed by atoms with Crippen LogP contribution in [0.5, 0.6) is 0 Å². The van der Waals surface area contributed by atoms with Crippen molar-refractivity contribution < 1.29 is 0 Å². The topological polar surface area (TPSA) is 38.0 Å². The van der Waals surface area contributed by atoms with Crippen LogP contribution in [0.3, 0.4) is 0 Å². The van der Waals surface area contributed by atoms with E-state index >= 15 is 0 Å². The molecule has 0 aliphatic rings. The fourth-order valence-electron chi connectivity index (χ4n) is 2.21. The van der Waals surface area contributed by atoms with Crippen LogP contribution >= 0.6 is 27.5 Å². The second-order valence-electron chi connectivity index (χ2n) is 4.99. The molecule has 0 fully saturated rings. The summed E-state index contributed by atoms with van der Waals surface area (Å²) in [5.41, 5.74) is 7.70. The minimum atomic E-state index is -0.0119. The Morgan fingerprint density at radius 3 is 2.60 bits per heavy atom. The first-order valence-electron chi connectivity index (χ1n) is 6.49. The van der Waals surface area contributed by atoms with Crippen LogP contribution in [-0.4, -0.2) is 0 Å². The van der Waals surface area contributed by atoms with Gasteiger partial charge in [-0.05, 0) is 64.5 Å². The number of nitrogens with two attached hydrogens (primary N) is 1. The summed E-state index contributed by atoms with van der Waals surface area (Å²) in [7, 11) is 0. The molecule has 0 spiro atoms. The highest BCUT2D eigenvalue weighted by atomic mass is 79.9. The SMILES string of the molecule is Cc1ccc(CC(NN)c2cccc(Br)c2Cl)cc1C. The lowest BCUT2D eigenvalue weighted by Gasteiger charge is -2.19. The standard InChI is InChI=1S/C16H18BrClN2/c1-10-6-7-12(8-11(10)2)9-15(20-19)13-4-3-5-14(17)16(13)18/h3-8,15,20H,9,19H2,1-2H3. The zero-order valence-electron chi connectivity index (χ0n) is 11.6. The molecule has 4 heteroatoms. The molecule has 2 aromatic rings. The van der Waals surface area contributed by atoms with Gasteiger partial charge in [-0.1, -0.05) is 41.9 Å². The van der Waals surface area contributed by atoms with Crippen molar-refractivity contribution >= 4 is 27.5 Å². The van der Waals surface area contributed by atoms with Crippen LogP contribution in [0.4, 0.5) is 0 Å². The molecule has 0 aliphatic carbocycles. The molecule has 0 heterocycles. The minimum absolute atomic E-state index is 0.0119. The highest BCUT2D eigenvalue weighted by Gasteiger charge is 2.15. The van der Waals surface area contributed by atoms with Gasteiger partial charge in [-0.15, -0.1) is 0 Å². The number of hydrogen-bond acceptors (Lipinski definition) is 2. The fraction of sp³-hybridized carbons (Fsp3) is 0.250. The van der Waals surface area contributed by atoms with Crippen molar-refractivity contribution in [2.75, 3.05) is 0 Å². The molecule has 0 saturated heterocycles. The molecule has 0 amide bonds. The Bertz CT molecular complexity index is 613. The maximum absolute atomic E-state index is 6.35. The summed E-state index contributed by atoms with van der Waals surface area (Å²) in [6, 6.07) is 12.4. The third-order valence-corrected chi connectivity index (χ3v) is 4.88. The molecule has 2 nitrogen and oxygen atoms in total. The number of halogens is 2. The molecule has 0 bridgehead atoms. The van der Waals surface area contributed by atoms with Gasteiger partial charge < -0.3 is 0 Å². The van der Waals surface area contributed by atoms with E-state index < -0.39 is 0 Å². The van der Waals surface area contributed by atoms with Gasteiger partial charge in [-0.25, -0.2) is 0 Å². The fourth-order valence-corrected chi connectivity index (χ4v) is 2.85. The molecule has 0 radical (unpaired) electrons. The predicted octanol–water partition coefficient (Wildman–Crippen LogP) is 4.47. The molecule has 0 aromatic heterocycles. The molecule has 1 atom stereocenters. The van der Waals surface area contributed by atoms with Gasteiger partial charge in [0.2, 0.25) is 0 Å². The van der Waals surface area contributed by atoms with Gasteiger partial charge >= 0.3 is 0 Å². The van der Waals surface area contributed by atoms with E-state index in [1.165, 1.54) is 16.7 Å². The maximum atomic E-state index is 6.35. The number of hydrazine groups is 1. The Labute approximate surface area is 133 Å². The highest BCUT2D eigenvalue weighted by Crippen LogP contribution is 2.31. The first kappa shape index (κ1) is 15.5. The number of aryl methyl sites for hydroxylation is 2. The molecule has 0 saturated carbocycles. The molecular weight excluding hydrogens is 336 g/mol. The quantitative estimate of drug-likeness (QED) is 0.629. The van der Waals surface area contributed by atoms with Crippen LogP contribution in [0.25, 0.3) is 0 Å². The van der Waals surface area contributed by atoms with E-state index in [1.807, 2.05) is 18.2 Å². The van der Waals surface area contributed by atoms with Gasteiger partial charge in [0.15, 0.2) is 0 Å². The van der Waals surface area contributed by atoms with Gasteiger partial charge in [0.05, 0.1) is 11.1 Å². The molecule has 2 rings (SSSR count). The first-order valence-corrected chi connectivity index (χ1v) is 7.66. The first-order chi connectivity index (χ1) is 9.52. The number of hydrogen-bond donors (Lipinski definition) is 2. The van der Waals surface area contributed by atoms with Gasteiger partial charge in [0.25, 0.3) is 0 Å². The Morgan fingerprint density at radius 1 is 1.20 bits per heavy atom. The van der Waals surface area contributed by atoms with Crippen molar-refractivity contribution in [1.29, 1.82) is 0 Å². The van der Waals surface area contributed by atoms with Crippen molar-refractivity contribution in [3.63, 3.8) is 0 Å². The molecular formula is C16H18BrClN2. The zero-order valence-corrected chi connectivity index (χ0v) is 13.9. The average molecular weight is 354 g/mol. The van der Waals surface area contributed by atoms with E-state index in [0.29, 0.717) is 5.02 Å². The van der Waals surface area contributed by atoms with Crippen LogP contribution < -0.4 is 11.3 Å². The molecule has 1 unspecified atom stereocenters. The van der Waals surface area contributed by atoms with Gasteiger partial charge in [0.1, 0.15) is 0 Å². The van der Waals surface area contributed by atoms with E-state index in [-0.39, 0.29) is 6.04 Å². The van der Waals surface area contributed by atoms with Crippen LogP contribution in [0.1, 0.15) is 28.3 Å². The van der Waals surface area contributed by atoms with Crippen LogP contribution in [-0.2, 0) is 6.42 Å². The minimum Gasteiger partial charge on any atom is -0.271 e. The molecule has 2 aromatic carbocycles.